The van der Waals surface area contributed by atoms with Crippen LogP contribution in [0, 0.1) is 0 Å². The van der Waals surface area contributed by atoms with Crippen LogP contribution in [-0.2, 0) is 0 Å². The van der Waals surface area contributed by atoms with Crippen LogP contribution in [-0.4, -0.2) is 0 Å². The van der Waals surface area contributed by atoms with Crippen molar-refractivity contribution < 1.29 is 0 Å². The van der Waals surface area contributed by atoms with Crippen LogP contribution >= 0.6 is 46.4 Å². The molecule has 0 N–H and O–H groups in total. The average molecular weight is 382 g/mol. The molecule has 0 spiro atoms. The van der Waals surface area contributed by atoms with Gasteiger partial charge in [0.1, 0.15) is 0 Å². The number of benzene rings is 3. The highest BCUT2D eigenvalue weighted by molar-refractivity contribution is 6.42. The van der Waals surface area contributed by atoms with Crippen LogP contribution in [0.15, 0.2) is 66.7 Å². The molecule has 1 atom stereocenters. The molecular formula is C19H12Cl4. The van der Waals surface area contributed by atoms with Crippen molar-refractivity contribution in [2.45, 2.75) is 5.92 Å². The third-order valence-corrected chi connectivity index (χ3v) is 5.09. The van der Waals surface area contributed by atoms with Crippen molar-refractivity contribution in [1.29, 1.82) is 0 Å². The second-order valence-electron chi connectivity index (χ2n) is 5.15. The Morgan fingerprint density at radius 1 is 0.609 bits per heavy atom. The Morgan fingerprint density at radius 3 is 2.04 bits per heavy atom. The predicted octanol–water partition coefficient (Wildman–Crippen LogP) is 7.48. The van der Waals surface area contributed by atoms with Crippen LogP contribution in [0.5, 0.6) is 0 Å². The minimum atomic E-state index is -0.118. The SMILES string of the molecule is Clc1ccc(C(c2ccccc2)c2cccc(Cl)c2Cl)c(Cl)c1. The van der Waals surface area contributed by atoms with Crippen molar-refractivity contribution in [2.24, 2.45) is 0 Å². The second-order valence-corrected chi connectivity index (χ2v) is 6.78. The average Bonchev–Trinajstić information content (AvgIpc) is 2.54. The smallest absolute Gasteiger partial charge is 0.0633 e. The van der Waals surface area contributed by atoms with E-state index in [1.165, 1.54) is 0 Å². The second kappa shape index (κ2) is 7.15. The Bertz CT molecular complexity index is 828. The highest BCUT2D eigenvalue weighted by Gasteiger charge is 2.22. The van der Waals surface area contributed by atoms with E-state index in [1.54, 1.807) is 12.1 Å². The van der Waals surface area contributed by atoms with Gasteiger partial charge in [-0.25, -0.2) is 0 Å². The Morgan fingerprint density at radius 2 is 1.35 bits per heavy atom. The van der Waals surface area contributed by atoms with Gasteiger partial charge in [-0.3, -0.25) is 0 Å². The topological polar surface area (TPSA) is 0 Å². The van der Waals surface area contributed by atoms with Crippen molar-refractivity contribution in [2.75, 3.05) is 0 Å². The summed E-state index contributed by atoms with van der Waals surface area (Å²) in [6.07, 6.45) is 0. The summed E-state index contributed by atoms with van der Waals surface area (Å²) in [4.78, 5) is 0. The zero-order valence-electron chi connectivity index (χ0n) is 11.9. The fourth-order valence-electron chi connectivity index (χ4n) is 2.65. The maximum atomic E-state index is 6.47. The Kier molecular flexibility index (Phi) is 5.18. The largest absolute Gasteiger partial charge is 0.0843 e. The van der Waals surface area contributed by atoms with Gasteiger partial charge in [0.05, 0.1) is 10.0 Å². The van der Waals surface area contributed by atoms with Crippen LogP contribution in [0.2, 0.25) is 20.1 Å². The Labute approximate surface area is 155 Å². The van der Waals surface area contributed by atoms with Crippen molar-refractivity contribution in [1.82, 2.24) is 0 Å². The van der Waals surface area contributed by atoms with Gasteiger partial charge in [0, 0.05) is 16.0 Å². The summed E-state index contributed by atoms with van der Waals surface area (Å²) in [5.74, 6) is -0.118. The molecule has 0 radical (unpaired) electrons. The normalized spacial score (nSPS) is 12.2. The van der Waals surface area contributed by atoms with Crippen molar-refractivity contribution in [3.8, 4) is 0 Å². The zero-order chi connectivity index (χ0) is 16.4. The van der Waals surface area contributed by atoms with Crippen LogP contribution in [0.3, 0.4) is 0 Å². The molecule has 1 unspecified atom stereocenters. The molecule has 0 saturated heterocycles. The molecule has 0 aliphatic rings. The first-order chi connectivity index (χ1) is 11.1. The summed E-state index contributed by atoms with van der Waals surface area (Å²) in [7, 11) is 0. The lowest BCUT2D eigenvalue weighted by atomic mass is 9.85. The van der Waals surface area contributed by atoms with Crippen LogP contribution in [0.25, 0.3) is 0 Å². The van der Waals surface area contributed by atoms with Gasteiger partial charge in [0.25, 0.3) is 0 Å². The molecule has 23 heavy (non-hydrogen) atoms. The van der Waals surface area contributed by atoms with E-state index in [2.05, 4.69) is 0 Å². The lowest BCUT2D eigenvalue weighted by Crippen LogP contribution is -2.05. The van der Waals surface area contributed by atoms with Crippen molar-refractivity contribution in [3.63, 3.8) is 0 Å². The molecule has 0 bridgehead atoms. The van der Waals surface area contributed by atoms with E-state index in [1.807, 2.05) is 54.6 Å². The molecule has 0 nitrogen and oxygen atoms in total. The van der Waals surface area contributed by atoms with E-state index in [9.17, 15) is 0 Å². The molecule has 3 aromatic carbocycles. The summed E-state index contributed by atoms with van der Waals surface area (Å²) in [5, 5.41) is 2.26. The lowest BCUT2D eigenvalue weighted by molar-refractivity contribution is 0.978. The molecular weight excluding hydrogens is 370 g/mol. The third kappa shape index (κ3) is 3.51. The summed E-state index contributed by atoms with van der Waals surface area (Å²) >= 11 is 25.2. The fourth-order valence-corrected chi connectivity index (χ4v) is 3.59. The van der Waals surface area contributed by atoms with Crippen molar-refractivity contribution in [3.05, 3.63) is 104 Å². The van der Waals surface area contributed by atoms with Gasteiger partial charge in [-0.15, -0.1) is 0 Å². The molecule has 0 saturated carbocycles. The molecule has 0 amide bonds. The molecule has 116 valence electrons. The van der Waals surface area contributed by atoms with E-state index < -0.39 is 0 Å². The summed E-state index contributed by atoms with van der Waals surface area (Å²) in [6.45, 7) is 0. The van der Waals surface area contributed by atoms with E-state index in [4.69, 9.17) is 46.4 Å². The van der Waals surface area contributed by atoms with E-state index in [0.717, 1.165) is 16.7 Å². The van der Waals surface area contributed by atoms with Crippen molar-refractivity contribution >= 4 is 46.4 Å². The first kappa shape index (κ1) is 16.7. The van der Waals surface area contributed by atoms with Crippen LogP contribution in [0.1, 0.15) is 22.6 Å². The first-order valence-corrected chi connectivity index (χ1v) is 8.53. The van der Waals surface area contributed by atoms with Gasteiger partial charge in [0.2, 0.25) is 0 Å². The van der Waals surface area contributed by atoms with Gasteiger partial charge in [-0.05, 0) is 34.9 Å². The monoisotopic (exact) mass is 380 g/mol. The third-order valence-electron chi connectivity index (χ3n) is 3.70. The van der Waals surface area contributed by atoms with E-state index in [-0.39, 0.29) is 5.92 Å². The number of hydrogen-bond acceptors (Lipinski definition) is 0. The standard InChI is InChI=1S/C19H12Cl4/c20-13-9-10-14(17(22)11-13)18(12-5-2-1-3-6-12)15-7-4-8-16(21)19(15)23/h1-11,18H. The number of hydrogen-bond donors (Lipinski definition) is 0. The van der Waals surface area contributed by atoms with Crippen LogP contribution in [0.4, 0.5) is 0 Å². The van der Waals surface area contributed by atoms with Crippen LogP contribution < -0.4 is 0 Å². The molecule has 3 aromatic rings. The number of rotatable bonds is 3. The Balaban J connectivity index is 2.25. The quantitative estimate of drug-likeness (QED) is 0.412. The van der Waals surface area contributed by atoms with E-state index in [0.29, 0.717) is 20.1 Å². The molecule has 0 aromatic heterocycles. The zero-order valence-corrected chi connectivity index (χ0v) is 15.0. The molecule has 0 heterocycles. The number of halogens is 4. The van der Waals surface area contributed by atoms with Gasteiger partial charge >= 0.3 is 0 Å². The molecule has 0 fully saturated rings. The predicted molar refractivity (Wildman–Crippen MR) is 100 cm³/mol. The van der Waals surface area contributed by atoms with Gasteiger partial charge in [0.15, 0.2) is 0 Å². The maximum Gasteiger partial charge on any atom is 0.0633 e. The highest BCUT2D eigenvalue weighted by Crippen LogP contribution is 2.41. The lowest BCUT2D eigenvalue weighted by Gasteiger charge is -2.21. The molecule has 0 aliphatic carbocycles. The summed E-state index contributed by atoms with van der Waals surface area (Å²) in [5.41, 5.74) is 2.93. The minimum absolute atomic E-state index is 0.118. The molecule has 4 heteroatoms. The van der Waals surface area contributed by atoms with Gasteiger partial charge in [-0.2, -0.15) is 0 Å². The summed E-state index contributed by atoms with van der Waals surface area (Å²) < 4.78 is 0. The minimum Gasteiger partial charge on any atom is -0.0843 e. The molecule has 0 aliphatic heterocycles. The van der Waals surface area contributed by atoms with E-state index >= 15 is 0 Å². The maximum absolute atomic E-state index is 6.47. The van der Waals surface area contributed by atoms with Gasteiger partial charge < -0.3 is 0 Å². The summed E-state index contributed by atoms with van der Waals surface area (Å²) in [6, 6.07) is 21.2. The fraction of sp³-hybridized carbons (Fsp3) is 0.0526. The highest BCUT2D eigenvalue weighted by atomic mass is 35.5. The van der Waals surface area contributed by atoms with Gasteiger partial charge in [-0.1, -0.05) is 94.9 Å². The molecule has 3 rings (SSSR count). The first-order valence-electron chi connectivity index (χ1n) is 7.01. The Hall–Kier alpha value is -1.18.